The minimum absolute atomic E-state index is 0.627. The van der Waals surface area contributed by atoms with Gasteiger partial charge in [0, 0.05) is 19.3 Å². The molecule has 0 aromatic carbocycles. The average Bonchev–Trinajstić information content (AvgIpc) is 3.04. The van der Waals surface area contributed by atoms with Crippen molar-refractivity contribution >= 4 is 33.3 Å². The van der Waals surface area contributed by atoms with E-state index >= 15 is 0 Å². The van der Waals surface area contributed by atoms with Crippen LogP contribution in [0.5, 0.6) is 0 Å². The quantitative estimate of drug-likeness (QED) is 0.819. The highest BCUT2D eigenvalue weighted by molar-refractivity contribution is 9.10. The monoisotopic (exact) mass is 304 g/mol. The van der Waals surface area contributed by atoms with Gasteiger partial charge in [0.05, 0.1) is 16.1 Å². The summed E-state index contributed by atoms with van der Waals surface area (Å²) in [6, 6.07) is 1.82. The number of aromatic nitrogens is 1. The van der Waals surface area contributed by atoms with Crippen molar-refractivity contribution < 1.29 is 4.74 Å². The maximum Gasteiger partial charge on any atom is 0.140 e. The van der Waals surface area contributed by atoms with Gasteiger partial charge >= 0.3 is 0 Å². The van der Waals surface area contributed by atoms with Crippen LogP contribution in [-0.2, 0) is 4.74 Å². The first-order valence-electron chi connectivity index (χ1n) is 5.38. The summed E-state index contributed by atoms with van der Waals surface area (Å²) in [4.78, 5) is 4.18. The molecule has 0 amide bonds. The lowest BCUT2D eigenvalue weighted by atomic mass is 10.4. The number of hydrogen-bond acceptors (Lipinski definition) is 3. The molecule has 1 saturated carbocycles. The number of anilines is 1. The zero-order valence-corrected chi connectivity index (χ0v) is 11.2. The Morgan fingerprint density at radius 2 is 2.38 bits per heavy atom. The molecule has 1 aliphatic carbocycles. The van der Waals surface area contributed by atoms with Crippen molar-refractivity contribution in [3.8, 4) is 0 Å². The van der Waals surface area contributed by atoms with Crippen LogP contribution in [0.25, 0.3) is 0 Å². The Labute approximate surface area is 109 Å². The van der Waals surface area contributed by atoms with Crippen LogP contribution in [0.1, 0.15) is 12.8 Å². The number of hydrogen-bond donors (Lipinski definition) is 1. The Morgan fingerprint density at radius 1 is 1.56 bits per heavy atom. The number of nitrogens with zero attached hydrogens (tertiary/aromatic N) is 1. The first-order valence-corrected chi connectivity index (χ1v) is 6.55. The molecule has 16 heavy (non-hydrogen) atoms. The maximum atomic E-state index is 5.80. The SMILES string of the molecule is Clc1cnc(NCCOCC2CC2)c(Br)c1. The lowest BCUT2D eigenvalue weighted by molar-refractivity contribution is 0.134. The molecule has 2 rings (SSSR count). The van der Waals surface area contributed by atoms with Gasteiger partial charge in [0.25, 0.3) is 0 Å². The minimum atomic E-state index is 0.627. The summed E-state index contributed by atoms with van der Waals surface area (Å²) in [5, 5.41) is 3.82. The van der Waals surface area contributed by atoms with Gasteiger partial charge in [0.15, 0.2) is 0 Å². The molecule has 5 heteroatoms. The van der Waals surface area contributed by atoms with E-state index in [4.69, 9.17) is 16.3 Å². The van der Waals surface area contributed by atoms with Crippen LogP contribution in [0.2, 0.25) is 5.02 Å². The maximum absolute atomic E-state index is 5.80. The second-order valence-corrected chi connectivity index (χ2v) is 5.22. The lowest BCUT2D eigenvalue weighted by Crippen LogP contribution is -2.11. The van der Waals surface area contributed by atoms with E-state index in [2.05, 4.69) is 26.2 Å². The zero-order chi connectivity index (χ0) is 11.4. The number of pyridine rings is 1. The predicted octanol–water partition coefficient (Wildman–Crippen LogP) is 3.34. The van der Waals surface area contributed by atoms with Gasteiger partial charge in [-0.1, -0.05) is 11.6 Å². The third-order valence-corrected chi connectivity index (χ3v) is 3.21. The van der Waals surface area contributed by atoms with Gasteiger partial charge in [-0.05, 0) is 40.8 Å². The Kier molecular flexibility index (Phi) is 4.44. The first kappa shape index (κ1) is 12.1. The summed E-state index contributed by atoms with van der Waals surface area (Å²) in [6.45, 7) is 2.38. The van der Waals surface area contributed by atoms with Gasteiger partial charge in [0.2, 0.25) is 0 Å². The molecule has 0 radical (unpaired) electrons. The highest BCUT2D eigenvalue weighted by Crippen LogP contribution is 2.28. The third-order valence-electron chi connectivity index (χ3n) is 2.40. The number of rotatable bonds is 6. The van der Waals surface area contributed by atoms with Gasteiger partial charge in [-0.2, -0.15) is 0 Å². The van der Waals surface area contributed by atoms with Crippen LogP contribution >= 0.6 is 27.5 Å². The standard InChI is InChI=1S/C11H14BrClN2O/c12-10-5-9(13)6-15-11(10)14-3-4-16-7-8-1-2-8/h5-6,8H,1-4,7H2,(H,14,15). The topological polar surface area (TPSA) is 34.2 Å². The van der Waals surface area contributed by atoms with Crippen LogP contribution in [0.15, 0.2) is 16.7 Å². The molecular weight excluding hydrogens is 291 g/mol. The van der Waals surface area contributed by atoms with Crippen molar-refractivity contribution in [3.63, 3.8) is 0 Å². The fraction of sp³-hybridized carbons (Fsp3) is 0.545. The van der Waals surface area contributed by atoms with E-state index in [9.17, 15) is 0 Å². The van der Waals surface area contributed by atoms with Crippen molar-refractivity contribution in [2.75, 3.05) is 25.1 Å². The number of ether oxygens (including phenoxy) is 1. The van der Waals surface area contributed by atoms with Gasteiger partial charge in [0.1, 0.15) is 5.82 Å². The van der Waals surface area contributed by atoms with Crippen LogP contribution in [0.4, 0.5) is 5.82 Å². The molecule has 0 spiro atoms. The van der Waals surface area contributed by atoms with E-state index in [0.717, 1.165) is 29.4 Å². The van der Waals surface area contributed by atoms with Crippen molar-refractivity contribution in [1.82, 2.24) is 4.98 Å². The fourth-order valence-electron chi connectivity index (χ4n) is 1.32. The second kappa shape index (κ2) is 5.84. The summed E-state index contributed by atoms with van der Waals surface area (Å²) in [5.74, 6) is 1.62. The van der Waals surface area contributed by atoms with E-state index < -0.39 is 0 Å². The zero-order valence-electron chi connectivity index (χ0n) is 8.88. The molecular formula is C11H14BrClN2O. The Bertz CT molecular complexity index is 358. The van der Waals surface area contributed by atoms with E-state index in [0.29, 0.717) is 11.6 Å². The van der Waals surface area contributed by atoms with Crippen LogP contribution in [-0.4, -0.2) is 24.7 Å². The van der Waals surface area contributed by atoms with Gasteiger partial charge in [-0.25, -0.2) is 4.98 Å². The van der Waals surface area contributed by atoms with Gasteiger partial charge in [-0.3, -0.25) is 0 Å². The molecule has 1 aliphatic rings. The molecule has 1 N–H and O–H groups in total. The van der Waals surface area contributed by atoms with Crippen molar-refractivity contribution in [3.05, 3.63) is 21.8 Å². The molecule has 0 saturated heterocycles. The summed E-state index contributed by atoms with van der Waals surface area (Å²) in [7, 11) is 0. The first-order chi connectivity index (χ1) is 7.75. The number of halogens is 2. The van der Waals surface area contributed by atoms with E-state index in [-0.39, 0.29) is 0 Å². The summed E-state index contributed by atoms with van der Waals surface area (Å²) < 4.78 is 6.39. The molecule has 0 atom stereocenters. The third kappa shape index (κ3) is 3.92. The van der Waals surface area contributed by atoms with E-state index in [1.807, 2.05) is 6.07 Å². The largest absolute Gasteiger partial charge is 0.379 e. The average molecular weight is 306 g/mol. The molecule has 1 heterocycles. The molecule has 88 valence electrons. The molecule has 0 unspecified atom stereocenters. The van der Waals surface area contributed by atoms with Crippen molar-refractivity contribution in [2.45, 2.75) is 12.8 Å². The Morgan fingerprint density at radius 3 is 3.06 bits per heavy atom. The number of nitrogens with one attached hydrogen (secondary N) is 1. The smallest absolute Gasteiger partial charge is 0.140 e. The summed E-state index contributed by atoms with van der Waals surface area (Å²) in [6.07, 6.45) is 4.29. The molecule has 0 bridgehead atoms. The van der Waals surface area contributed by atoms with Crippen LogP contribution < -0.4 is 5.32 Å². The van der Waals surface area contributed by atoms with Gasteiger partial charge in [-0.15, -0.1) is 0 Å². The van der Waals surface area contributed by atoms with Crippen molar-refractivity contribution in [2.24, 2.45) is 5.92 Å². The summed E-state index contributed by atoms with van der Waals surface area (Å²) >= 11 is 9.20. The minimum Gasteiger partial charge on any atom is -0.379 e. The lowest BCUT2D eigenvalue weighted by Gasteiger charge is -2.08. The molecule has 1 fully saturated rings. The highest BCUT2D eigenvalue weighted by Gasteiger charge is 2.20. The Hall–Kier alpha value is -0.320. The van der Waals surface area contributed by atoms with E-state index in [1.54, 1.807) is 6.20 Å². The molecule has 1 aromatic rings. The van der Waals surface area contributed by atoms with Crippen molar-refractivity contribution in [1.29, 1.82) is 0 Å². The highest BCUT2D eigenvalue weighted by atomic mass is 79.9. The predicted molar refractivity (Wildman–Crippen MR) is 69.0 cm³/mol. The fourth-order valence-corrected chi connectivity index (χ4v) is 2.10. The Balaban J connectivity index is 1.67. The van der Waals surface area contributed by atoms with Crippen LogP contribution in [0, 0.1) is 5.92 Å². The molecule has 3 nitrogen and oxygen atoms in total. The molecule has 0 aliphatic heterocycles. The van der Waals surface area contributed by atoms with E-state index in [1.165, 1.54) is 12.8 Å². The second-order valence-electron chi connectivity index (χ2n) is 3.93. The van der Waals surface area contributed by atoms with Crippen LogP contribution in [0.3, 0.4) is 0 Å². The van der Waals surface area contributed by atoms with Gasteiger partial charge < -0.3 is 10.1 Å². The summed E-state index contributed by atoms with van der Waals surface area (Å²) in [5.41, 5.74) is 0. The normalized spacial score (nSPS) is 15.1. The molecule has 1 aromatic heterocycles.